The smallest absolute Gasteiger partial charge is 0.122 e. The maximum absolute atomic E-state index is 10.9. The van der Waals surface area contributed by atoms with Gasteiger partial charge in [-0.2, -0.15) is 0 Å². The Labute approximate surface area is 124 Å². The van der Waals surface area contributed by atoms with E-state index in [1.807, 2.05) is 24.3 Å². The van der Waals surface area contributed by atoms with Gasteiger partial charge in [0.05, 0.1) is 12.7 Å². The van der Waals surface area contributed by atoms with Crippen LogP contribution in [0.25, 0.3) is 0 Å². The summed E-state index contributed by atoms with van der Waals surface area (Å²) in [5.74, 6) is 0.777. The average molecular weight is 289 g/mol. The molecule has 2 aromatic carbocycles. The lowest BCUT2D eigenvalue weighted by molar-refractivity contribution is 0.0512. The molecule has 2 nitrogen and oxygen atoms in total. The number of benzene rings is 2. The van der Waals surface area contributed by atoms with Crippen LogP contribution in [-0.4, -0.2) is 17.8 Å². The molecule has 0 unspecified atom stereocenters. The highest BCUT2D eigenvalue weighted by molar-refractivity contribution is 6.30. The quantitative estimate of drug-likeness (QED) is 0.938. The highest BCUT2D eigenvalue weighted by Crippen LogP contribution is 2.35. The number of fused-ring (bicyclic) bond motifs is 1. The first-order valence-electron chi connectivity index (χ1n) is 6.71. The van der Waals surface area contributed by atoms with Crippen LogP contribution < -0.4 is 4.74 Å². The number of methoxy groups -OCH3 is 1. The van der Waals surface area contributed by atoms with Crippen molar-refractivity contribution in [1.29, 1.82) is 0 Å². The molecule has 0 fully saturated rings. The first-order chi connectivity index (χ1) is 9.59. The van der Waals surface area contributed by atoms with Gasteiger partial charge < -0.3 is 9.84 Å². The van der Waals surface area contributed by atoms with Gasteiger partial charge in [-0.25, -0.2) is 0 Å². The van der Waals surface area contributed by atoms with Gasteiger partial charge in [0, 0.05) is 24.3 Å². The Bertz CT molecular complexity index is 612. The van der Waals surface area contributed by atoms with Gasteiger partial charge >= 0.3 is 0 Å². The number of hydrogen-bond acceptors (Lipinski definition) is 2. The van der Waals surface area contributed by atoms with Gasteiger partial charge in [-0.05, 0) is 34.9 Å². The van der Waals surface area contributed by atoms with Crippen LogP contribution in [0, 0.1) is 0 Å². The highest BCUT2D eigenvalue weighted by atomic mass is 35.5. The van der Waals surface area contributed by atoms with Crippen molar-refractivity contribution < 1.29 is 9.84 Å². The summed E-state index contributed by atoms with van der Waals surface area (Å²) in [5, 5.41) is 11.5. The van der Waals surface area contributed by atoms with Crippen LogP contribution >= 0.6 is 11.6 Å². The monoisotopic (exact) mass is 288 g/mol. The molecule has 1 aliphatic rings. The van der Waals surface area contributed by atoms with E-state index in [2.05, 4.69) is 12.1 Å². The Kier molecular flexibility index (Phi) is 3.45. The summed E-state index contributed by atoms with van der Waals surface area (Å²) in [5.41, 5.74) is 2.67. The molecule has 0 bridgehead atoms. The summed E-state index contributed by atoms with van der Waals surface area (Å²) in [6.07, 6.45) is 1.91. The first-order valence-corrected chi connectivity index (χ1v) is 7.09. The number of ether oxygens (including phenoxy) is 1. The van der Waals surface area contributed by atoms with E-state index in [0.717, 1.165) is 11.3 Å². The normalized spacial score (nSPS) is 15.9. The fourth-order valence-corrected chi connectivity index (χ4v) is 3.23. The zero-order valence-corrected chi connectivity index (χ0v) is 12.2. The minimum atomic E-state index is -0.748. The minimum absolute atomic E-state index is 0.547. The van der Waals surface area contributed by atoms with E-state index in [4.69, 9.17) is 16.3 Å². The van der Waals surface area contributed by atoms with Crippen LogP contribution in [0.1, 0.15) is 16.7 Å². The van der Waals surface area contributed by atoms with Crippen molar-refractivity contribution in [3.63, 3.8) is 0 Å². The fraction of sp³-hybridized carbons (Fsp3) is 0.294. The summed E-state index contributed by atoms with van der Waals surface area (Å²) in [4.78, 5) is 0. The van der Waals surface area contributed by atoms with Crippen LogP contribution in [0.5, 0.6) is 5.75 Å². The first kappa shape index (κ1) is 13.5. The molecular weight excluding hydrogens is 272 g/mol. The number of hydrogen-bond donors (Lipinski definition) is 1. The highest BCUT2D eigenvalue weighted by Gasteiger charge is 2.35. The molecule has 1 aliphatic carbocycles. The van der Waals surface area contributed by atoms with E-state index in [1.54, 1.807) is 13.2 Å². The van der Waals surface area contributed by atoms with Gasteiger partial charge in [-0.1, -0.05) is 35.9 Å². The minimum Gasteiger partial charge on any atom is -0.496 e. The van der Waals surface area contributed by atoms with Crippen LogP contribution in [0.4, 0.5) is 0 Å². The number of aliphatic hydroxyl groups is 1. The Morgan fingerprint density at radius 2 is 1.80 bits per heavy atom. The van der Waals surface area contributed by atoms with Crippen molar-refractivity contribution >= 4 is 11.6 Å². The summed E-state index contributed by atoms with van der Waals surface area (Å²) >= 11 is 6.06. The lowest BCUT2D eigenvalue weighted by Gasteiger charge is -2.23. The molecule has 0 heterocycles. The largest absolute Gasteiger partial charge is 0.496 e. The number of rotatable bonds is 3. The molecule has 104 valence electrons. The zero-order valence-electron chi connectivity index (χ0n) is 11.4. The molecule has 0 aromatic heterocycles. The van der Waals surface area contributed by atoms with Crippen LogP contribution in [0.15, 0.2) is 42.5 Å². The van der Waals surface area contributed by atoms with E-state index >= 15 is 0 Å². The second-order valence-electron chi connectivity index (χ2n) is 5.48. The summed E-state index contributed by atoms with van der Waals surface area (Å²) in [6, 6.07) is 13.7. The fourth-order valence-electron chi connectivity index (χ4n) is 3.04. The lowest BCUT2D eigenvalue weighted by Crippen LogP contribution is -2.32. The van der Waals surface area contributed by atoms with E-state index in [-0.39, 0.29) is 0 Å². The second kappa shape index (κ2) is 5.12. The predicted octanol–water partition coefficient (Wildman–Crippen LogP) is 3.42. The second-order valence-corrected chi connectivity index (χ2v) is 5.92. The van der Waals surface area contributed by atoms with Crippen LogP contribution in [0.2, 0.25) is 5.02 Å². The molecule has 0 aliphatic heterocycles. The standard InChI is InChI=1S/C17H17ClO2/c1-20-16-7-6-15(18)8-14(16)11-17(19)9-12-4-2-3-5-13(12)10-17/h2-8,19H,9-11H2,1H3. The van der Waals surface area contributed by atoms with E-state index in [9.17, 15) is 5.11 Å². The van der Waals surface area contributed by atoms with Gasteiger partial charge in [-0.15, -0.1) is 0 Å². The lowest BCUT2D eigenvalue weighted by atomic mass is 9.91. The molecule has 0 saturated heterocycles. The van der Waals surface area contributed by atoms with Crippen LogP contribution in [0.3, 0.4) is 0 Å². The van der Waals surface area contributed by atoms with Gasteiger partial charge in [0.15, 0.2) is 0 Å². The molecule has 0 radical (unpaired) electrons. The molecular formula is C17H17ClO2. The van der Waals surface area contributed by atoms with Gasteiger partial charge in [0.2, 0.25) is 0 Å². The Balaban J connectivity index is 1.87. The third kappa shape index (κ3) is 2.54. The Morgan fingerprint density at radius 3 is 2.40 bits per heavy atom. The molecule has 2 aromatic rings. The van der Waals surface area contributed by atoms with E-state index in [1.165, 1.54) is 11.1 Å². The molecule has 3 rings (SSSR count). The number of halogens is 1. The van der Waals surface area contributed by atoms with Gasteiger partial charge in [0.1, 0.15) is 5.75 Å². The molecule has 0 spiro atoms. The third-order valence-corrected chi connectivity index (χ3v) is 4.15. The summed E-state index contributed by atoms with van der Waals surface area (Å²) < 4.78 is 5.36. The molecule has 0 saturated carbocycles. The van der Waals surface area contributed by atoms with Crippen molar-refractivity contribution in [3.8, 4) is 5.75 Å². The van der Waals surface area contributed by atoms with Crippen molar-refractivity contribution in [2.75, 3.05) is 7.11 Å². The summed E-state index contributed by atoms with van der Waals surface area (Å²) in [6.45, 7) is 0. The predicted molar refractivity (Wildman–Crippen MR) is 80.5 cm³/mol. The van der Waals surface area contributed by atoms with Crippen molar-refractivity contribution in [2.45, 2.75) is 24.9 Å². The van der Waals surface area contributed by atoms with E-state index < -0.39 is 5.60 Å². The summed E-state index contributed by atoms with van der Waals surface area (Å²) in [7, 11) is 1.64. The third-order valence-electron chi connectivity index (χ3n) is 3.92. The van der Waals surface area contributed by atoms with Crippen molar-refractivity contribution in [1.82, 2.24) is 0 Å². The van der Waals surface area contributed by atoms with Crippen molar-refractivity contribution in [3.05, 3.63) is 64.2 Å². The van der Waals surface area contributed by atoms with Gasteiger partial charge in [0.25, 0.3) is 0 Å². The SMILES string of the molecule is COc1ccc(Cl)cc1CC1(O)Cc2ccccc2C1. The maximum atomic E-state index is 10.9. The molecule has 0 atom stereocenters. The Morgan fingerprint density at radius 1 is 1.15 bits per heavy atom. The molecule has 20 heavy (non-hydrogen) atoms. The molecule has 1 N–H and O–H groups in total. The van der Waals surface area contributed by atoms with Gasteiger partial charge in [-0.3, -0.25) is 0 Å². The van der Waals surface area contributed by atoms with Crippen LogP contribution in [-0.2, 0) is 19.3 Å². The maximum Gasteiger partial charge on any atom is 0.122 e. The van der Waals surface area contributed by atoms with Crippen molar-refractivity contribution in [2.24, 2.45) is 0 Å². The molecule has 3 heteroatoms. The topological polar surface area (TPSA) is 29.5 Å². The molecule has 0 amide bonds. The average Bonchev–Trinajstić information content (AvgIpc) is 2.74. The zero-order chi connectivity index (χ0) is 14.2. The van der Waals surface area contributed by atoms with E-state index in [0.29, 0.717) is 24.3 Å². The Hall–Kier alpha value is -1.51.